The van der Waals surface area contributed by atoms with Crippen LogP contribution in [0.1, 0.15) is 25.3 Å². The van der Waals surface area contributed by atoms with Gasteiger partial charge in [-0.2, -0.15) is 0 Å². The number of amides is 2. The summed E-state index contributed by atoms with van der Waals surface area (Å²) < 4.78 is 0. The van der Waals surface area contributed by atoms with Crippen molar-refractivity contribution in [3.05, 3.63) is 29.8 Å². The van der Waals surface area contributed by atoms with Gasteiger partial charge in [-0.15, -0.1) is 0 Å². The zero-order valence-corrected chi connectivity index (χ0v) is 10.6. The van der Waals surface area contributed by atoms with Gasteiger partial charge in [-0.3, -0.25) is 0 Å². The Morgan fingerprint density at radius 3 is 3.00 bits per heavy atom. The van der Waals surface area contributed by atoms with Crippen LogP contribution >= 0.6 is 0 Å². The van der Waals surface area contributed by atoms with Crippen molar-refractivity contribution in [3.8, 4) is 11.8 Å². The fraction of sp³-hybridized carbons (Fsp3) is 0.357. The summed E-state index contributed by atoms with van der Waals surface area (Å²) in [5.74, 6) is 5.70. The number of nitrogens with one attached hydrogen (secondary N) is 2. The van der Waals surface area contributed by atoms with Gasteiger partial charge in [0.2, 0.25) is 0 Å². The minimum absolute atomic E-state index is 0.188. The first-order valence-electron chi connectivity index (χ1n) is 6.10. The van der Waals surface area contributed by atoms with Crippen molar-refractivity contribution in [1.82, 2.24) is 5.32 Å². The smallest absolute Gasteiger partial charge is 0.319 e. The monoisotopic (exact) mass is 245 g/mol. The lowest BCUT2D eigenvalue weighted by Gasteiger charge is -2.07. The van der Waals surface area contributed by atoms with E-state index in [9.17, 15) is 4.79 Å². The predicted octanol–water partition coefficient (Wildman–Crippen LogP) is 1.92. The number of anilines is 1. The predicted molar refractivity (Wildman–Crippen MR) is 74.3 cm³/mol. The van der Waals surface area contributed by atoms with E-state index in [4.69, 9.17) is 5.73 Å². The number of hydrogen-bond acceptors (Lipinski definition) is 2. The van der Waals surface area contributed by atoms with Gasteiger partial charge in [-0.25, -0.2) is 4.79 Å². The van der Waals surface area contributed by atoms with Crippen molar-refractivity contribution in [1.29, 1.82) is 0 Å². The van der Waals surface area contributed by atoms with Crippen molar-refractivity contribution in [2.45, 2.75) is 19.8 Å². The molecule has 0 aromatic heterocycles. The Morgan fingerprint density at radius 2 is 2.28 bits per heavy atom. The van der Waals surface area contributed by atoms with Gasteiger partial charge in [-0.05, 0) is 24.6 Å². The Kier molecular flexibility index (Phi) is 6.37. The normalized spacial score (nSPS) is 9.22. The summed E-state index contributed by atoms with van der Waals surface area (Å²) in [6.45, 7) is 3.10. The quantitative estimate of drug-likeness (QED) is 0.560. The molecule has 18 heavy (non-hydrogen) atoms. The molecule has 0 aliphatic heterocycles. The number of urea groups is 1. The zero-order valence-electron chi connectivity index (χ0n) is 10.6. The van der Waals surface area contributed by atoms with Gasteiger partial charge in [0.25, 0.3) is 0 Å². The molecule has 1 aromatic rings. The molecular weight excluding hydrogens is 226 g/mol. The second kappa shape index (κ2) is 8.15. The molecular formula is C14H19N3O. The molecule has 0 aliphatic carbocycles. The molecule has 1 aromatic carbocycles. The fourth-order valence-electron chi connectivity index (χ4n) is 1.38. The van der Waals surface area contributed by atoms with Crippen molar-refractivity contribution >= 4 is 11.7 Å². The van der Waals surface area contributed by atoms with Crippen LogP contribution in [-0.4, -0.2) is 19.1 Å². The summed E-state index contributed by atoms with van der Waals surface area (Å²) in [7, 11) is 0. The second-order valence-corrected chi connectivity index (χ2v) is 3.82. The third kappa shape index (κ3) is 5.37. The van der Waals surface area contributed by atoms with Gasteiger partial charge in [0.15, 0.2) is 0 Å². The molecule has 0 atom stereocenters. The van der Waals surface area contributed by atoms with Crippen LogP contribution in [0.15, 0.2) is 24.3 Å². The Balaban J connectivity index is 2.53. The number of carbonyl (C=O) groups is 1. The number of carbonyl (C=O) groups excluding carboxylic acids is 1. The lowest BCUT2D eigenvalue weighted by atomic mass is 10.2. The first-order chi connectivity index (χ1) is 8.76. The number of nitrogens with two attached hydrogens (primary N) is 1. The molecule has 2 amide bonds. The van der Waals surface area contributed by atoms with Crippen molar-refractivity contribution in [3.63, 3.8) is 0 Å². The average Bonchev–Trinajstić information content (AvgIpc) is 2.37. The maximum absolute atomic E-state index is 11.5. The highest BCUT2D eigenvalue weighted by Gasteiger charge is 2.00. The maximum Gasteiger partial charge on any atom is 0.319 e. The Morgan fingerprint density at radius 1 is 1.44 bits per heavy atom. The van der Waals surface area contributed by atoms with Crippen molar-refractivity contribution in [2.24, 2.45) is 5.73 Å². The number of unbranched alkanes of at least 4 members (excludes halogenated alkanes) is 1. The molecule has 0 saturated carbocycles. The molecule has 96 valence electrons. The van der Waals surface area contributed by atoms with E-state index in [1.165, 1.54) is 0 Å². The van der Waals surface area contributed by atoms with Gasteiger partial charge in [0, 0.05) is 17.8 Å². The van der Waals surface area contributed by atoms with E-state index in [2.05, 4.69) is 29.4 Å². The van der Waals surface area contributed by atoms with Gasteiger partial charge >= 0.3 is 6.03 Å². The number of benzene rings is 1. The van der Waals surface area contributed by atoms with E-state index in [-0.39, 0.29) is 6.03 Å². The summed E-state index contributed by atoms with van der Waals surface area (Å²) in [5.41, 5.74) is 6.88. The van der Waals surface area contributed by atoms with Gasteiger partial charge in [-0.1, -0.05) is 31.3 Å². The summed E-state index contributed by atoms with van der Waals surface area (Å²) >= 11 is 0. The van der Waals surface area contributed by atoms with Gasteiger partial charge in [0.1, 0.15) is 0 Å². The van der Waals surface area contributed by atoms with Crippen LogP contribution in [0.3, 0.4) is 0 Å². The molecule has 0 saturated heterocycles. The molecule has 0 spiro atoms. The molecule has 0 aliphatic rings. The summed E-state index contributed by atoms with van der Waals surface area (Å²) in [5, 5.41) is 5.56. The van der Waals surface area contributed by atoms with Crippen molar-refractivity contribution in [2.75, 3.05) is 18.4 Å². The average molecular weight is 245 g/mol. The van der Waals surface area contributed by atoms with Crippen LogP contribution in [0, 0.1) is 11.8 Å². The number of rotatable bonds is 4. The zero-order chi connectivity index (χ0) is 13.2. The van der Waals surface area contributed by atoms with E-state index in [0.29, 0.717) is 13.1 Å². The molecule has 0 bridgehead atoms. The molecule has 1 rings (SSSR count). The fourth-order valence-corrected chi connectivity index (χ4v) is 1.38. The SMILES string of the molecule is CCCCNC(=O)Nc1cccc(C#CCN)c1. The van der Waals surface area contributed by atoms with Crippen LogP contribution < -0.4 is 16.4 Å². The van der Waals surface area contributed by atoms with E-state index >= 15 is 0 Å². The van der Waals surface area contributed by atoms with E-state index in [1.807, 2.05) is 24.3 Å². The van der Waals surface area contributed by atoms with Crippen LogP contribution in [0.4, 0.5) is 10.5 Å². The molecule has 0 unspecified atom stereocenters. The standard InChI is InChI=1S/C14H19N3O/c1-2-3-10-16-14(18)17-13-8-4-6-12(11-13)7-5-9-15/h4,6,8,11H,2-3,9-10,15H2,1H3,(H2,16,17,18). The van der Waals surface area contributed by atoms with E-state index < -0.39 is 0 Å². The summed E-state index contributed by atoms with van der Waals surface area (Å²) in [4.78, 5) is 11.5. The summed E-state index contributed by atoms with van der Waals surface area (Å²) in [6.07, 6.45) is 2.04. The molecule has 0 radical (unpaired) electrons. The summed E-state index contributed by atoms with van der Waals surface area (Å²) in [6, 6.07) is 7.19. The Labute approximate surface area is 108 Å². The maximum atomic E-state index is 11.5. The van der Waals surface area contributed by atoms with E-state index in [1.54, 1.807) is 0 Å². The molecule has 0 heterocycles. The second-order valence-electron chi connectivity index (χ2n) is 3.82. The van der Waals surface area contributed by atoms with Crippen LogP contribution in [0.2, 0.25) is 0 Å². The van der Waals surface area contributed by atoms with Crippen LogP contribution in [0.25, 0.3) is 0 Å². The lowest BCUT2D eigenvalue weighted by Crippen LogP contribution is -2.29. The molecule has 4 heteroatoms. The van der Waals surface area contributed by atoms with Gasteiger partial charge < -0.3 is 16.4 Å². The number of hydrogen-bond donors (Lipinski definition) is 3. The van der Waals surface area contributed by atoms with Crippen LogP contribution in [-0.2, 0) is 0 Å². The Hall–Kier alpha value is -1.99. The molecule has 4 nitrogen and oxygen atoms in total. The highest BCUT2D eigenvalue weighted by Crippen LogP contribution is 2.09. The van der Waals surface area contributed by atoms with Crippen LogP contribution in [0.5, 0.6) is 0 Å². The molecule has 4 N–H and O–H groups in total. The minimum Gasteiger partial charge on any atom is -0.338 e. The third-order valence-corrected chi connectivity index (χ3v) is 2.27. The largest absolute Gasteiger partial charge is 0.338 e. The Bertz CT molecular complexity index is 446. The highest BCUT2D eigenvalue weighted by atomic mass is 16.2. The lowest BCUT2D eigenvalue weighted by molar-refractivity contribution is 0.252. The minimum atomic E-state index is -0.188. The highest BCUT2D eigenvalue weighted by molar-refractivity contribution is 5.89. The topological polar surface area (TPSA) is 67.2 Å². The first kappa shape index (κ1) is 14.1. The molecule has 0 fully saturated rings. The van der Waals surface area contributed by atoms with Crippen molar-refractivity contribution < 1.29 is 4.79 Å². The van der Waals surface area contributed by atoms with Gasteiger partial charge in [0.05, 0.1) is 6.54 Å². The van der Waals surface area contributed by atoms with E-state index in [0.717, 1.165) is 24.1 Å². The first-order valence-corrected chi connectivity index (χ1v) is 6.10. The third-order valence-electron chi connectivity index (χ3n) is 2.27.